The Morgan fingerprint density at radius 3 is 2.83 bits per heavy atom. The molecule has 2 saturated heterocycles. The highest BCUT2D eigenvalue weighted by Gasteiger charge is 2.32. The summed E-state index contributed by atoms with van der Waals surface area (Å²) in [5.74, 6) is -0.151. The molecule has 1 atom stereocenters. The largest absolute Gasteiger partial charge is 0.441 e. The van der Waals surface area contributed by atoms with Crippen molar-refractivity contribution in [3.05, 3.63) is 28.0 Å². The molecule has 3 rings (SSSR count). The first-order valence-electron chi connectivity index (χ1n) is 7.60. The van der Waals surface area contributed by atoms with Crippen LogP contribution in [0.15, 0.2) is 21.7 Å². The van der Waals surface area contributed by atoms with Crippen LogP contribution in [0.25, 0.3) is 0 Å². The van der Waals surface area contributed by atoms with E-state index in [2.05, 4.69) is 10.0 Å². The summed E-state index contributed by atoms with van der Waals surface area (Å²) >= 11 is 0. The highest BCUT2D eigenvalue weighted by atomic mass is 16.6. The van der Waals surface area contributed by atoms with E-state index >= 15 is 0 Å². The number of furan rings is 1. The highest BCUT2D eigenvalue weighted by molar-refractivity contribution is 5.78. The average molecular weight is 322 g/mol. The minimum absolute atomic E-state index is 0.205. The minimum Gasteiger partial charge on any atom is -0.441 e. The van der Waals surface area contributed by atoms with Crippen LogP contribution in [0.3, 0.4) is 0 Å². The third kappa shape index (κ3) is 3.86. The quantitative estimate of drug-likeness (QED) is 0.465. The van der Waals surface area contributed by atoms with Crippen LogP contribution in [0.5, 0.6) is 0 Å². The van der Waals surface area contributed by atoms with E-state index in [-0.39, 0.29) is 17.7 Å². The van der Waals surface area contributed by atoms with Crippen molar-refractivity contribution in [1.29, 1.82) is 0 Å². The molecular weight excluding hydrogens is 304 g/mol. The molecule has 2 aliphatic heterocycles. The smallest absolute Gasteiger partial charge is 0.433 e. The number of likely N-dealkylation sites (tertiary alicyclic amines) is 1. The van der Waals surface area contributed by atoms with Gasteiger partial charge in [0.05, 0.1) is 18.8 Å². The molecule has 2 aliphatic rings. The Balaban J connectivity index is 1.54. The van der Waals surface area contributed by atoms with E-state index in [4.69, 9.17) is 9.15 Å². The Kier molecular flexibility index (Phi) is 4.56. The van der Waals surface area contributed by atoms with E-state index in [1.54, 1.807) is 0 Å². The zero-order chi connectivity index (χ0) is 16.2. The summed E-state index contributed by atoms with van der Waals surface area (Å²) in [7, 11) is 0. The molecule has 0 radical (unpaired) electrons. The normalized spacial score (nSPS) is 22.7. The molecule has 0 N–H and O–H groups in total. The van der Waals surface area contributed by atoms with Gasteiger partial charge in [-0.15, -0.1) is 0 Å². The molecule has 23 heavy (non-hydrogen) atoms. The van der Waals surface area contributed by atoms with Gasteiger partial charge in [0, 0.05) is 6.54 Å². The minimum atomic E-state index is -0.629. The molecule has 2 fully saturated rings. The van der Waals surface area contributed by atoms with Crippen LogP contribution >= 0.6 is 0 Å². The second-order valence-corrected chi connectivity index (χ2v) is 5.63. The van der Waals surface area contributed by atoms with Gasteiger partial charge in [-0.3, -0.25) is 15.0 Å². The van der Waals surface area contributed by atoms with Crippen molar-refractivity contribution in [2.75, 3.05) is 26.2 Å². The number of ether oxygens (including phenoxy) is 1. The third-order valence-corrected chi connectivity index (χ3v) is 3.88. The lowest BCUT2D eigenvalue weighted by Crippen LogP contribution is -2.37. The van der Waals surface area contributed by atoms with Crippen molar-refractivity contribution in [3.8, 4) is 0 Å². The third-order valence-electron chi connectivity index (χ3n) is 3.88. The Labute approximate surface area is 132 Å². The number of nitrogens with zero attached hydrogens (tertiary/aromatic N) is 4. The van der Waals surface area contributed by atoms with Gasteiger partial charge in [0.15, 0.2) is 5.76 Å². The van der Waals surface area contributed by atoms with Gasteiger partial charge in [0.1, 0.15) is 11.0 Å². The average Bonchev–Trinajstić information content (AvgIpc) is 3.13. The number of nitro groups is 1. The summed E-state index contributed by atoms with van der Waals surface area (Å²) in [5.41, 5.74) is 0. The molecule has 0 bridgehead atoms. The zero-order valence-electron chi connectivity index (χ0n) is 12.6. The van der Waals surface area contributed by atoms with Gasteiger partial charge in [-0.2, -0.15) is 10.1 Å². The second-order valence-electron chi connectivity index (χ2n) is 5.63. The summed E-state index contributed by atoms with van der Waals surface area (Å²) in [6.45, 7) is 3.15. The van der Waals surface area contributed by atoms with Gasteiger partial charge in [-0.05, 0) is 32.0 Å². The topological polar surface area (TPSA) is 101 Å². The monoisotopic (exact) mass is 322 g/mol. The molecule has 0 unspecified atom stereocenters. The summed E-state index contributed by atoms with van der Waals surface area (Å²) in [6, 6.07) is 2.66. The Morgan fingerprint density at radius 2 is 2.13 bits per heavy atom. The molecule has 1 amide bonds. The van der Waals surface area contributed by atoms with Crippen molar-refractivity contribution in [2.24, 2.45) is 5.10 Å². The first-order valence-corrected chi connectivity index (χ1v) is 7.60. The molecule has 0 aromatic carbocycles. The lowest BCUT2D eigenvalue weighted by Gasteiger charge is -2.27. The number of hydrogen-bond acceptors (Lipinski definition) is 7. The maximum atomic E-state index is 11.8. The molecule has 0 spiro atoms. The number of hydrazone groups is 1. The first-order chi connectivity index (χ1) is 11.1. The van der Waals surface area contributed by atoms with E-state index in [0.717, 1.165) is 13.1 Å². The van der Waals surface area contributed by atoms with Crippen molar-refractivity contribution >= 4 is 18.2 Å². The molecule has 0 saturated carbocycles. The van der Waals surface area contributed by atoms with E-state index < -0.39 is 11.0 Å². The number of carbonyl (C=O) groups excluding carboxylic acids is 1. The maximum absolute atomic E-state index is 11.8. The number of amides is 1. The molecule has 1 aromatic rings. The van der Waals surface area contributed by atoms with Gasteiger partial charge in [-0.25, -0.2) is 4.79 Å². The van der Waals surface area contributed by atoms with Crippen LogP contribution in [0.1, 0.15) is 25.0 Å². The molecule has 124 valence electrons. The summed E-state index contributed by atoms with van der Waals surface area (Å²) in [4.78, 5) is 24.0. The fraction of sp³-hybridized carbons (Fsp3) is 0.571. The number of piperidine rings is 1. The van der Waals surface area contributed by atoms with Crippen LogP contribution in [-0.4, -0.2) is 59.4 Å². The summed E-state index contributed by atoms with van der Waals surface area (Å²) in [5, 5.41) is 15.7. The van der Waals surface area contributed by atoms with E-state index in [9.17, 15) is 14.9 Å². The van der Waals surface area contributed by atoms with Crippen molar-refractivity contribution in [1.82, 2.24) is 9.91 Å². The maximum Gasteiger partial charge on any atom is 0.433 e. The fourth-order valence-electron chi connectivity index (χ4n) is 2.76. The van der Waals surface area contributed by atoms with Gasteiger partial charge in [-0.1, -0.05) is 6.42 Å². The van der Waals surface area contributed by atoms with Gasteiger partial charge in [0.25, 0.3) is 0 Å². The second kappa shape index (κ2) is 6.78. The van der Waals surface area contributed by atoms with Gasteiger partial charge >= 0.3 is 12.0 Å². The lowest BCUT2D eigenvalue weighted by atomic mass is 10.1. The van der Waals surface area contributed by atoms with Crippen molar-refractivity contribution in [3.63, 3.8) is 0 Å². The molecule has 3 heterocycles. The molecule has 1 aromatic heterocycles. The van der Waals surface area contributed by atoms with E-state index in [1.165, 1.54) is 42.6 Å². The van der Waals surface area contributed by atoms with E-state index in [1.807, 2.05) is 0 Å². The predicted molar refractivity (Wildman–Crippen MR) is 80.2 cm³/mol. The highest BCUT2D eigenvalue weighted by Crippen LogP contribution is 2.17. The van der Waals surface area contributed by atoms with Crippen LogP contribution in [0.4, 0.5) is 10.7 Å². The van der Waals surface area contributed by atoms with Crippen LogP contribution in [-0.2, 0) is 4.74 Å². The number of cyclic esters (lactones) is 1. The number of hydrogen-bond donors (Lipinski definition) is 0. The SMILES string of the molecule is O=C1O[C@H](CN2CCCCC2)CN1/N=C\c1ccc([N+](=O)[O-])o1. The van der Waals surface area contributed by atoms with E-state index in [0.29, 0.717) is 13.1 Å². The van der Waals surface area contributed by atoms with Crippen molar-refractivity contribution < 1.29 is 18.9 Å². The molecular formula is C14H18N4O5. The summed E-state index contributed by atoms with van der Waals surface area (Å²) in [6.07, 6.45) is 4.18. The zero-order valence-corrected chi connectivity index (χ0v) is 12.6. The number of carbonyl (C=O) groups is 1. The van der Waals surface area contributed by atoms with Gasteiger partial charge in [0.2, 0.25) is 0 Å². The Hall–Kier alpha value is -2.42. The predicted octanol–water partition coefficient (Wildman–Crippen LogP) is 1.83. The summed E-state index contributed by atoms with van der Waals surface area (Å²) < 4.78 is 10.3. The van der Waals surface area contributed by atoms with Crippen LogP contribution < -0.4 is 0 Å². The van der Waals surface area contributed by atoms with Gasteiger partial charge < -0.3 is 9.15 Å². The Bertz CT molecular complexity index is 608. The van der Waals surface area contributed by atoms with Crippen LogP contribution in [0.2, 0.25) is 0 Å². The first kappa shape index (κ1) is 15.5. The van der Waals surface area contributed by atoms with Crippen LogP contribution in [0, 0.1) is 10.1 Å². The fourth-order valence-corrected chi connectivity index (χ4v) is 2.76. The lowest BCUT2D eigenvalue weighted by molar-refractivity contribution is -0.402. The standard InChI is InChI=1S/C14H18N4O5/c19-14-17(15-8-11-4-5-13(22-11)18(20)21)10-12(23-14)9-16-6-2-1-3-7-16/h4-5,8,12H,1-3,6-7,9-10H2/b15-8-/t12-/m1/s1. The molecule has 9 nitrogen and oxygen atoms in total. The van der Waals surface area contributed by atoms with Crippen molar-refractivity contribution in [2.45, 2.75) is 25.4 Å². The molecule has 0 aliphatic carbocycles. The molecule has 9 heteroatoms. The Morgan fingerprint density at radius 1 is 1.35 bits per heavy atom. The number of rotatable bonds is 5.